The summed E-state index contributed by atoms with van der Waals surface area (Å²) >= 11 is 0. The lowest BCUT2D eigenvalue weighted by Crippen LogP contribution is -2.34. The maximum atomic E-state index is 14.0. The Morgan fingerprint density at radius 3 is 1.94 bits per heavy atom. The Kier molecular flexibility index (Phi) is 8.97. The quantitative estimate of drug-likeness (QED) is 0.213. The minimum atomic E-state index is -3.77. The van der Waals surface area contributed by atoms with E-state index in [1.54, 1.807) is 0 Å². The number of alkyl halides is 2. The molecule has 7 heteroatoms. The SMILES string of the molecule is CCCC1CCC(/C=C/C2CCC(OCC(F)(F)Oc3cc(F)c(F)c(F)c3)CC2)CC1. The van der Waals surface area contributed by atoms with Crippen molar-refractivity contribution in [2.45, 2.75) is 83.3 Å². The molecule has 0 unspecified atom stereocenters. The fraction of sp³-hybridized carbons (Fsp3) is 0.680. The van der Waals surface area contributed by atoms with Crippen molar-refractivity contribution in [3.63, 3.8) is 0 Å². The zero-order valence-corrected chi connectivity index (χ0v) is 18.6. The topological polar surface area (TPSA) is 18.5 Å². The van der Waals surface area contributed by atoms with Crippen LogP contribution in [-0.2, 0) is 4.74 Å². The van der Waals surface area contributed by atoms with Gasteiger partial charge in [0.05, 0.1) is 6.10 Å². The minimum Gasteiger partial charge on any atom is -0.431 e. The molecule has 1 aromatic carbocycles. The molecule has 0 spiro atoms. The summed E-state index contributed by atoms with van der Waals surface area (Å²) in [6.07, 6.45) is 11.4. The average molecular weight is 461 g/mol. The van der Waals surface area contributed by atoms with Gasteiger partial charge in [0.2, 0.25) is 0 Å². The Hall–Kier alpha value is -1.63. The molecule has 0 radical (unpaired) electrons. The van der Waals surface area contributed by atoms with Gasteiger partial charge in [0, 0.05) is 12.1 Å². The predicted molar refractivity (Wildman–Crippen MR) is 113 cm³/mol. The Bertz CT molecular complexity index is 728. The van der Waals surface area contributed by atoms with Gasteiger partial charge in [-0.2, -0.15) is 8.78 Å². The molecular formula is C25H33F5O2. The first-order chi connectivity index (χ1) is 15.3. The second-order valence-corrected chi connectivity index (χ2v) is 9.24. The van der Waals surface area contributed by atoms with Crippen LogP contribution in [0.2, 0.25) is 0 Å². The molecule has 2 saturated carbocycles. The lowest BCUT2D eigenvalue weighted by atomic mass is 9.79. The molecular weight excluding hydrogens is 427 g/mol. The van der Waals surface area contributed by atoms with Crippen LogP contribution in [0.15, 0.2) is 24.3 Å². The lowest BCUT2D eigenvalue weighted by Gasteiger charge is -2.29. The normalized spacial score (nSPS) is 27.1. The summed E-state index contributed by atoms with van der Waals surface area (Å²) in [5.41, 5.74) is 0. The van der Waals surface area contributed by atoms with E-state index in [1.165, 1.54) is 38.5 Å². The van der Waals surface area contributed by atoms with Crippen molar-refractivity contribution in [1.82, 2.24) is 0 Å². The third-order valence-electron chi connectivity index (χ3n) is 6.67. The molecule has 2 nitrogen and oxygen atoms in total. The molecule has 3 rings (SSSR count). The summed E-state index contributed by atoms with van der Waals surface area (Å²) in [6.45, 7) is 1.22. The molecule has 0 bridgehead atoms. The molecule has 0 aliphatic heterocycles. The highest BCUT2D eigenvalue weighted by Crippen LogP contribution is 2.34. The largest absolute Gasteiger partial charge is 0.431 e. The van der Waals surface area contributed by atoms with Crippen LogP contribution in [0.3, 0.4) is 0 Å². The zero-order valence-electron chi connectivity index (χ0n) is 18.6. The molecule has 32 heavy (non-hydrogen) atoms. The molecule has 0 amide bonds. The van der Waals surface area contributed by atoms with Gasteiger partial charge in [-0.3, -0.25) is 0 Å². The standard InChI is InChI=1S/C25H33F5O2/c1-2-3-17-4-6-18(7-5-17)8-9-19-10-12-20(13-11-19)31-16-25(29,30)32-21-14-22(26)24(28)23(27)15-21/h8-9,14-15,17-20H,2-7,10-13,16H2,1H3/b9-8+. The number of hydrogen-bond acceptors (Lipinski definition) is 2. The second-order valence-electron chi connectivity index (χ2n) is 9.24. The van der Waals surface area contributed by atoms with Crippen molar-refractivity contribution in [1.29, 1.82) is 0 Å². The van der Waals surface area contributed by atoms with Crippen LogP contribution < -0.4 is 4.74 Å². The number of halogens is 5. The molecule has 180 valence electrons. The van der Waals surface area contributed by atoms with Crippen LogP contribution in [-0.4, -0.2) is 18.8 Å². The molecule has 2 aliphatic rings. The fourth-order valence-corrected chi connectivity index (χ4v) is 4.85. The Morgan fingerprint density at radius 2 is 1.41 bits per heavy atom. The molecule has 1 aromatic rings. The number of ether oxygens (including phenoxy) is 2. The summed E-state index contributed by atoms with van der Waals surface area (Å²) in [6, 6.07) is 0.778. The van der Waals surface area contributed by atoms with Crippen LogP contribution >= 0.6 is 0 Å². The highest BCUT2D eigenvalue weighted by Gasteiger charge is 2.35. The van der Waals surface area contributed by atoms with Gasteiger partial charge in [-0.25, -0.2) is 13.2 Å². The number of benzene rings is 1. The predicted octanol–water partition coefficient (Wildman–Crippen LogP) is 7.81. The van der Waals surface area contributed by atoms with E-state index < -0.39 is 35.9 Å². The summed E-state index contributed by atoms with van der Waals surface area (Å²) < 4.78 is 77.0. The van der Waals surface area contributed by atoms with Gasteiger partial charge < -0.3 is 9.47 Å². The van der Waals surface area contributed by atoms with E-state index in [-0.39, 0.29) is 6.10 Å². The lowest BCUT2D eigenvalue weighted by molar-refractivity contribution is -0.222. The molecule has 0 saturated heterocycles. The van der Waals surface area contributed by atoms with Gasteiger partial charge in [0.1, 0.15) is 5.75 Å². The van der Waals surface area contributed by atoms with Crippen LogP contribution in [0.25, 0.3) is 0 Å². The molecule has 2 fully saturated rings. The first kappa shape index (κ1) is 25.0. The van der Waals surface area contributed by atoms with Gasteiger partial charge >= 0.3 is 6.11 Å². The maximum absolute atomic E-state index is 14.0. The average Bonchev–Trinajstić information content (AvgIpc) is 2.76. The number of allylic oxidation sites excluding steroid dienone is 2. The van der Waals surface area contributed by atoms with Crippen LogP contribution in [0.4, 0.5) is 22.0 Å². The van der Waals surface area contributed by atoms with Gasteiger partial charge in [0.15, 0.2) is 24.1 Å². The number of rotatable bonds is 9. The van der Waals surface area contributed by atoms with Crippen molar-refractivity contribution in [2.75, 3.05) is 6.61 Å². The summed E-state index contributed by atoms with van der Waals surface area (Å²) in [5.74, 6) is -3.69. The van der Waals surface area contributed by atoms with Crippen LogP contribution in [0.5, 0.6) is 5.75 Å². The Morgan fingerprint density at radius 1 is 0.875 bits per heavy atom. The minimum absolute atomic E-state index is 0.305. The zero-order chi connectivity index (χ0) is 23.1. The Labute approximate surface area is 187 Å². The van der Waals surface area contributed by atoms with E-state index in [0.29, 0.717) is 36.8 Å². The van der Waals surface area contributed by atoms with Crippen molar-refractivity contribution in [3.05, 3.63) is 41.7 Å². The molecule has 0 aromatic heterocycles. The smallest absolute Gasteiger partial charge is 0.421 e. The van der Waals surface area contributed by atoms with Crippen LogP contribution in [0, 0.1) is 35.2 Å². The van der Waals surface area contributed by atoms with Crippen molar-refractivity contribution in [2.24, 2.45) is 17.8 Å². The first-order valence-corrected chi connectivity index (χ1v) is 11.8. The van der Waals surface area contributed by atoms with Crippen LogP contribution in [0.1, 0.15) is 71.1 Å². The van der Waals surface area contributed by atoms with E-state index in [2.05, 4.69) is 23.8 Å². The third-order valence-corrected chi connectivity index (χ3v) is 6.67. The molecule has 0 atom stereocenters. The Balaban J connectivity index is 1.37. The first-order valence-electron chi connectivity index (χ1n) is 11.8. The van der Waals surface area contributed by atoms with Crippen molar-refractivity contribution in [3.8, 4) is 5.75 Å². The van der Waals surface area contributed by atoms with Crippen molar-refractivity contribution >= 4 is 0 Å². The fourth-order valence-electron chi connectivity index (χ4n) is 4.85. The van der Waals surface area contributed by atoms with E-state index >= 15 is 0 Å². The summed E-state index contributed by atoms with van der Waals surface area (Å²) in [4.78, 5) is 0. The van der Waals surface area contributed by atoms with Gasteiger partial charge in [-0.05, 0) is 69.1 Å². The maximum Gasteiger partial charge on any atom is 0.421 e. The van der Waals surface area contributed by atoms with Gasteiger partial charge in [-0.15, -0.1) is 0 Å². The van der Waals surface area contributed by atoms with E-state index in [4.69, 9.17) is 4.74 Å². The molecule has 2 aliphatic carbocycles. The highest BCUT2D eigenvalue weighted by atomic mass is 19.3. The van der Waals surface area contributed by atoms with Gasteiger partial charge in [0.25, 0.3) is 0 Å². The molecule has 0 N–H and O–H groups in total. The molecule has 0 heterocycles. The van der Waals surface area contributed by atoms with Crippen molar-refractivity contribution < 1.29 is 31.4 Å². The van der Waals surface area contributed by atoms with E-state index in [1.807, 2.05) is 0 Å². The summed E-state index contributed by atoms with van der Waals surface area (Å²) in [7, 11) is 0. The monoisotopic (exact) mass is 460 g/mol. The number of hydrogen-bond donors (Lipinski definition) is 0. The van der Waals surface area contributed by atoms with Gasteiger partial charge in [-0.1, -0.05) is 31.9 Å². The highest BCUT2D eigenvalue weighted by molar-refractivity contribution is 5.25. The third kappa shape index (κ3) is 7.46. The second kappa shape index (κ2) is 11.5. The summed E-state index contributed by atoms with van der Waals surface area (Å²) in [5, 5.41) is 0. The van der Waals surface area contributed by atoms with E-state index in [9.17, 15) is 22.0 Å². The van der Waals surface area contributed by atoms with E-state index in [0.717, 1.165) is 18.8 Å².